The molecule has 0 aliphatic heterocycles. The van der Waals surface area contributed by atoms with Gasteiger partial charge >= 0.3 is 0 Å². The quantitative estimate of drug-likeness (QED) is 0.832. The van der Waals surface area contributed by atoms with Gasteiger partial charge in [0.1, 0.15) is 5.82 Å². The van der Waals surface area contributed by atoms with Crippen molar-refractivity contribution >= 4 is 22.5 Å². The highest BCUT2D eigenvalue weighted by molar-refractivity contribution is 6.31. The Labute approximate surface area is 128 Å². The first-order valence-electron chi connectivity index (χ1n) is 7.00. The standard InChI is InChI=1S/C15H20ClN3O2/c1-4-19-14(10(2)17-7-8-21-3)18-13-9-11(16)5-6-12(13)15(19)20/h5-6,9-10,17H,4,7-8H2,1-3H3/t10-/m1/s1. The average Bonchev–Trinajstić information content (AvgIpc) is 2.46. The van der Waals surface area contributed by atoms with Crippen molar-refractivity contribution in [1.82, 2.24) is 14.9 Å². The maximum Gasteiger partial charge on any atom is 0.261 e. The smallest absolute Gasteiger partial charge is 0.261 e. The molecule has 114 valence electrons. The summed E-state index contributed by atoms with van der Waals surface area (Å²) in [4.78, 5) is 17.2. The molecule has 1 heterocycles. The average molecular weight is 310 g/mol. The van der Waals surface area contributed by atoms with Crippen LogP contribution in [0, 0.1) is 0 Å². The number of nitrogens with zero attached hydrogens (tertiary/aromatic N) is 2. The monoisotopic (exact) mass is 309 g/mol. The molecule has 0 bridgehead atoms. The largest absolute Gasteiger partial charge is 0.383 e. The SMILES string of the molecule is CCn1c([C@@H](C)NCCOC)nc2cc(Cl)ccc2c1=O. The van der Waals surface area contributed by atoms with Crippen LogP contribution in [0.3, 0.4) is 0 Å². The predicted octanol–water partition coefficient (Wildman–Crippen LogP) is 2.37. The molecule has 0 unspecified atom stereocenters. The van der Waals surface area contributed by atoms with Gasteiger partial charge in [0.25, 0.3) is 5.56 Å². The molecule has 0 aliphatic rings. The summed E-state index contributed by atoms with van der Waals surface area (Å²) in [7, 11) is 1.66. The van der Waals surface area contributed by atoms with Crippen LogP contribution in [-0.2, 0) is 11.3 Å². The zero-order valence-corrected chi connectivity index (χ0v) is 13.3. The number of ether oxygens (including phenoxy) is 1. The van der Waals surface area contributed by atoms with Gasteiger partial charge in [0, 0.05) is 25.2 Å². The van der Waals surface area contributed by atoms with E-state index in [0.717, 1.165) is 0 Å². The molecule has 21 heavy (non-hydrogen) atoms. The third-order valence-corrected chi connectivity index (χ3v) is 3.64. The minimum absolute atomic E-state index is 0.0328. The van der Waals surface area contributed by atoms with Crippen molar-refractivity contribution in [2.45, 2.75) is 26.4 Å². The van der Waals surface area contributed by atoms with Gasteiger partial charge in [0.05, 0.1) is 23.6 Å². The van der Waals surface area contributed by atoms with Gasteiger partial charge < -0.3 is 10.1 Å². The molecular weight excluding hydrogens is 290 g/mol. The van der Waals surface area contributed by atoms with E-state index in [1.807, 2.05) is 13.8 Å². The first kappa shape index (κ1) is 15.9. The van der Waals surface area contributed by atoms with Gasteiger partial charge in [-0.15, -0.1) is 0 Å². The molecule has 0 spiro atoms. The molecule has 2 aromatic rings. The van der Waals surface area contributed by atoms with Crippen molar-refractivity contribution in [3.8, 4) is 0 Å². The maximum atomic E-state index is 12.6. The van der Waals surface area contributed by atoms with Gasteiger partial charge in [-0.25, -0.2) is 4.98 Å². The van der Waals surface area contributed by atoms with E-state index in [9.17, 15) is 4.79 Å². The van der Waals surface area contributed by atoms with E-state index >= 15 is 0 Å². The van der Waals surface area contributed by atoms with Gasteiger partial charge in [-0.1, -0.05) is 11.6 Å². The predicted molar refractivity (Wildman–Crippen MR) is 85.0 cm³/mol. The first-order chi connectivity index (χ1) is 10.1. The number of halogens is 1. The fourth-order valence-electron chi connectivity index (χ4n) is 2.32. The van der Waals surface area contributed by atoms with E-state index in [1.54, 1.807) is 29.9 Å². The number of hydrogen-bond donors (Lipinski definition) is 1. The molecule has 5 nitrogen and oxygen atoms in total. The molecule has 1 atom stereocenters. The topological polar surface area (TPSA) is 56.1 Å². The van der Waals surface area contributed by atoms with Crippen LogP contribution in [0.5, 0.6) is 0 Å². The minimum atomic E-state index is -0.0452. The summed E-state index contributed by atoms with van der Waals surface area (Å²) >= 11 is 6.00. The zero-order chi connectivity index (χ0) is 15.4. The number of aromatic nitrogens is 2. The van der Waals surface area contributed by atoms with Gasteiger partial charge in [-0.05, 0) is 32.0 Å². The molecule has 1 aromatic carbocycles. The number of nitrogens with one attached hydrogen (secondary N) is 1. The number of methoxy groups -OCH3 is 1. The lowest BCUT2D eigenvalue weighted by atomic mass is 10.2. The van der Waals surface area contributed by atoms with Crippen LogP contribution in [0.15, 0.2) is 23.0 Å². The first-order valence-corrected chi connectivity index (χ1v) is 7.38. The molecule has 6 heteroatoms. The Kier molecular flexibility index (Phi) is 5.33. The third kappa shape index (κ3) is 3.43. The summed E-state index contributed by atoms with van der Waals surface area (Å²) in [6, 6.07) is 5.12. The molecule has 2 rings (SSSR count). The molecule has 0 saturated carbocycles. The Balaban J connectivity index is 2.48. The molecule has 1 aromatic heterocycles. The Bertz CT molecular complexity index is 684. The van der Waals surface area contributed by atoms with Crippen LogP contribution in [0.1, 0.15) is 25.7 Å². The summed E-state index contributed by atoms with van der Waals surface area (Å²) < 4.78 is 6.72. The van der Waals surface area contributed by atoms with Crippen LogP contribution >= 0.6 is 11.6 Å². The lowest BCUT2D eigenvalue weighted by molar-refractivity contribution is 0.196. The highest BCUT2D eigenvalue weighted by Crippen LogP contribution is 2.17. The fraction of sp³-hybridized carbons (Fsp3) is 0.467. The molecular formula is C15H20ClN3O2. The van der Waals surface area contributed by atoms with Crippen molar-refractivity contribution < 1.29 is 4.74 Å². The van der Waals surface area contributed by atoms with Crippen LogP contribution in [0.4, 0.5) is 0 Å². The van der Waals surface area contributed by atoms with Crippen molar-refractivity contribution in [3.05, 3.63) is 39.4 Å². The summed E-state index contributed by atoms with van der Waals surface area (Å²) in [6.07, 6.45) is 0. The lowest BCUT2D eigenvalue weighted by Crippen LogP contribution is -2.32. The van der Waals surface area contributed by atoms with Gasteiger partial charge in [0.15, 0.2) is 0 Å². The Morgan fingerprint density at radius 3 is 2.90 bits per heavy atom. The number of fused-ring (bicyclic) bond motifs is 1. The molecule has 0 radical (unpaired) electrons. The fourth-order valence-corrected chi connectivity index (χ4v) is 2.48. The Morgan fingerprint density at radius 2 is 2.24 bits per heavy atom. The van der Waals surface area contributed by atoms with E-state index in [2.05, 4.69) is 10.3 Å². The summed E-state index contributed by atoms with van der Waals surface area (Å²) in [5.41, 5.74) is 0.599. The highest BCUT2D eigenvalue weighted by Gasteiger charge is 2.15. The van der Waals surface area contributed by atoms with Gasteiger partial charge in [-0.2, -0.15) is 0 Å². The molecule has 0 saturated heterocycles. The second-order valence-electron chi connectivity index (χ2n) is 4.85. The zero-order valence-electron chi connectivity index (χ0n) is 12.5. The molecule has 0 aliphatic carbocycles. The van der Waals surface area contributed by atoms with Crippen molar-refractivity contribution in [1.29, 1.82) is 0 Å². The normalized spacial score (nSPS) is 12.8. The molecule has 0 amide bonds. The molecule has 1 N–H and O–H groups in total. The van der Waals surface area contributed by atoms with E-state index in [1.165, 1.54) is 0 Å². The van der Waals surface area contributed by atoms with Gasteiger partial charge in [-0.3, -0.25) is 9.36 Å². The Morgan fingerprint density at radius 1 is 1.48 bits per heavy atom. The van der Waals surface area contributed by atoms with Crippen LogP contribution in [-0.4, -0.2) is 29.8 Å². The number of hydrogen-bond acceptors (Lipinski definition) is 4. The van der Waals surface area contributed by atoms with Crippen LogP contribution in [0.2, 0.25) is 5.02 Å². The lowest BCUT2D eigenvalue weighted by Gasteiger charge is -2.18. The maximum absolute atomic E-state index is 12.6. The van der Waals surface area contributed by atoms with E-state index < -0.39 is 0 Å². The summed E-state index contributed by atoms with van der Waals surface area (Å²) in [5, 5.41) is 4.47. The number of benzene rings is 1. The second kappa shape index (κ2) is 7.02. The second-order valence-corrected chi connectivity index (χ2v) is 5.29. The van der Waals surface area contributed by atoms with E-state index in [-0.39, 0.29) is 11.6 Å². The third-order valence-electron chi connectivity index (χ3n) is 3.41. The van der Waals surface area contributed by atoms with Crippen LogP contribution in [0.25, 0.3) is 10.9 Å². The van der Waals surface area contributed by atoms with E-state index in [4.69, 9.17) is 16.3 Å². The van der Waals surface area contributed by atoms with Crippen LogP contribution < -0.4 is 10.9 Å². The van der Waals surface area contributed by atoms with E-state index in [0.29, 0.717) is 41.4 Å². The number of rotatable bonds is 6. The van der Waals surface area contributed by atoms with Crippen molar-refractivity contribution in [2.24, 2.45) is 0 Å². The van der Waals surface area contributed by atoms with Gasteiger partial charge in [0.2, 0.25) is 0 Å². The summed E-state index contributed by atoms with van der Waals surface area (Å²) in [5.74, 6) is 0.716. The summed E-state index contributed by atoms with van der Waals surface area (Å²) in [6.45, 7) is 5.82. The molecule has 0 fully saturated rings. The van der Waals surface area contributed by atoms with Crippen molar-refractivity contribution in [3.63, 3.8) is 0 Å². The minimum Gasteiger partial charge on any atom is -0.383 e. The highest BCUT2D eigenvalue weighted by atomic mass is 35.5. The Hall–Kier alpha value is -1.43. The van der Waals surface area contributed by atoms with Crippen molar-refractivity contribution in [2.75, 3.05) is 20.3 Å².